The summed E-state index contributed by atoms with van der Waals surface area (Å²) >= 11 is 11.1. The van der Waals surface area contributed by atoms with E-state index < -0.39 is 5.24 Å². The number of aromatic hydroxyl groups is 1. The van der Waals surface area contributed by atoms with Gasteiger partial charge in [0.05, 0.1) is 25.4 Å². The van der Waals surface area contributed by atoms with Crippen LogP contribution in [0.2, 0.25) is 5.02 Å². The zero-order chi connectivity index (χ0) is 12.8. The van der Waals surface area contributed by atoms with Crippen molar-refractivity contribution in [2.24, 2.45) is 0 Å². The lowest BCUT2D eigenvalue weighted by atomic mass is 10.1. The molecular weight excluding hydrogens is 267 g/mol. The van der Waals surface area contributed by atoms with E-state index in [2.05, 4.69) is 0 Å². The van der Waals surface area contributed by atoms with Gasteiger partial charge in [-0.25, -0.2) is 0 Å². The molecule has 0 unspecified atom stereocenters. The Kier molecular flexibility index (Phi) is 5.71. The summed E-state index contributed by atoms with van der Waals surface area (Å²) in [5, 5.41) is 9.32. The summed E-state index contributed by atoms with van der Waals surface area (Å²) in [4.78, 5) is 11.0. The van der Waals surface area contributed by atoms with Crippen LogP contribution in [-0.4, -0.2) is 30.7 Å². The first-order valence-electron chi connectivity index (χ1n) is 4.84. The predicted octanol–water partition coefficient (Wildman–Crippen LogP) is 2.59. The van der Waals surface area contributed by atoms with Crippen LogP contribution in [0.5, 0.6) is 5.75 Å². The van der Waals surface area contributed by atoms with Gasteiger partial charge in [0, 0.05) is 17.7 Å². The number of hydrogen-bond donors (Lipinski definition) is 1. The summed E-state index contributed by atoms with van der Waals surface area (Å²) in [5.41, 5.74) is 0.391. The van der Waals surface area contributed by atoms with Crippen molar-refractivity contribution in [3.8, 4) is 5.75 Å². The van der Waals surface area contributed by atoms with Crippen molar-refractivity contribution in [2.75, 3.05) is 20.3 Å². The van der Waals surface area contributed by atoms with Gasteiger partial charge in [0.1, 0.15) is 5.75 Å². The lowest BCUT2D eigenvalue weighted by Gasteiger charge is -2.09. The highest BCUT2D eigenvalue weighted by atomic mass is 35.5. The molecule has 17 heavy (non-hydrogen) atoms. The minimum atomic E-state index is -0.761. The minimum absolute atomic E-state index is 0.0236. The van der Waals surface area contributed by atoms with Crippen LogP contribution in [0.15, 0.2) is 12.1 Å². The van der Waals surface area contributed by atoms with Crippen LogP contribution in [0, 0.1) is 0 Å². The highest BCUT2D eigenvalue weighted by molar-refractivity contribution is 6.68. The lowest BCUT2D eigenvalue weighted by molar-refractivity contribution is 0.0608. The molecule has 0 atom stereocenters. The van der Waals surface area contributed by atoms with Crippen LogP contribution in [0.3, 0.4) is 0 Å². The van der Waals surface area contributed by atoms with Crippen molar-refractivity contribution < 1.29 is 19.4 Å². The topological polar surface area (TPSA) is 55.8 Å². The largest absolute Gasteiger partial charge is 0.507 e. The SMILES string of the molecule is COCCOCc1cc(Cl)cc(C(=O)Cl)c1O. The first kappa shape index (κ1) is 14.3. The van der Waals surface area contributed by atoms with Gasteiger partial charge in [-0.2, -0.15) is 0 Å². The second-order valence-corrected chi connectivity index (χ2v) is 4.06. The van der Waals surface area contributed by atoms with E-state index in [0.717, 1.165) is 0 Å². The molecule has 0 bridgehead atoms. The van der Waals surface area contributed by atoms with Crippen LogP contribution < -0.4 is 0 Å². The molecule has 0 fully saturated rings. The van der Waals surface area contributed by atoms with Gasteiger partial charge in [0.25, 0.3) is 5.24 Å². The first-order chi connectivity index (χ1) is 8.06. The molecule has 0 heterocycles. The van der Waals surface area contributed by atoms with E-state index in [-0.39, 0.29) is 17.9 Å². The van der Waals surface area contributed by atoms with Gasteiger partial charge in [0.2, 0.25) is 0 Å². The number of methoxy groups -OCH3 is 1. The zero-order valence-electron chi connectivity index (χ0n) is 9.20. The van der Waals surface area contributed by atoms with Gasteiger partial charge in [-0.3, -0.25) is 4.79 Å². The summed E-state index contributed by atoms with van der Waals surface area (Å²) < 4.78 is 10.0. The molecule has 0 saturated heterocycles. The fourth-order valence-corrected chi connectivity index (χ4v) is 1.62. The number of ether oxygens (including phenoxy) is 2. The first-order valence-corrected chi connectivity index (χ1v) is 5.59. The minimum Gasteiger partial charge on any atom is -0.507 e. The third kappa shape index (κ3) is 4.16. The van der Waals surface area contributed by atoms with E-state index in [4.69, 9.17) is 32.7 Å². The number of benzene rings is 1. The van der Waals surface area contributed by atoms with Crippen molar-refractivity contribution in [3.05, 3.63) is 28.3 Å². The Morgan fingerprint density at radius 1 is 1.41 bits per heavy atom. The Morgan fingerprint density at radius 3 is 2.71 bits per heavy atom. The summed E-state index contributed by atoms with van der Waals surface area (Å²) in [6.07, 6.45) is 0. The molecule has 0 amide bonds. The normalized spacial score (nSPS) is 10.5. The molecule has 1 aromatic rings. The van der Waals surface area contributed by atoms with Crippen molar-refractivity contribution in [1.82, 2.24) is 0 Å². The number of hydrogen-bond acceptors (Lipinski definition) is 4. The maximum absolute atomic E-state index is 11.0. The van der Waals surface area contributed by atoms with E-state index in [1.807, 2.05) is 0 Å². The van der Waals surface area contributed by atoms with E-state index in [1.165, 1.54) is 12.1 Å². The van der Waals surface area contributed by atoms with Gasteiger partial charge in [-0.1, -0.05) is 11.6 Å². The van der Waals surface area contributed by atoms with Crippen molar-refractivity contribution in [2.45, 2.75) is 6.61 Å². The number of carbonyl (C=O) groups is 1. The van der Waals surface area contributed by atoms with Crippen LogP contribution in [-0.2, 0) is 16.1 Å². The Morgan fingerprint density at radius 2 is 2.12 bits per heavy atom. The van der Waals surface area contributed by atoms with E-state index in [9.17, 15) is 9.90 Å². The number of phenolic OH excluding ortho intramolecular Hbond substituents is 1. The molecule has 0 aliphatic rings. The Balaban J connectivity index is 2.81. The standard InChI is InChI=1S/C11H12Cl2O4/c1-16-2-3-17-6-7-4-8(12)5-9(10(7)14)11(13)15/h4-5,14H,2-3,6H2,1H3. The maximum Gasteiger partial charge on any atom is 0.256 e. The summed E-state index contributed by atoms with van der Waals surface area (Å²) in [5.74, 6) is -0.202. The van der Waals surface area contributed by atoms with Gasteiger partial charge in [-0.15, -0.1) is 0 Å². The second kappa shape index (κ2) is 6.81. The highest BCUT2D eigenvalue weighted by Crippen LogP contribution is 2.28. The van der Waals surface area contributed by atoms with Crippen LogP contribution >= 0.6 is 23.2 Å². The van der Waals surface area contributed by atoms with E-state index in [0.29, 0.717) is 23.8 Å². The molecule has 1 rings (SSSR count). The Labute approximate surface area is 109 Å². The van der Waals surface area contributed by atoms with E-state index in [1.54, 1.807) is 7.11 Å². The molecular formula is C11H12Cl2O4. The monoisotopic (exact) mass is 278 g/mol. The highest BCUT2D eigenvalue weighted by Gasteiger charge is 2.14. The Bertz CT molecular complexity index is 407. The fraction of sp³-hybridized carbons (Fsp3) is 0.364. The van der Waals surface area contributed by atoms with Gasteiger partial charge in [0.15, 0.2) is 0 Å². The zero-order valence-corrected chi connectivity index (χ0v) is 10.7. The number of rotatable bonds is 6. The molecule has 94 valence electrons. The smallest absolute Gasteiger partial charge is 0.256 e. The molecule has 6 heteroatoms. The van der Waals surface area contributed by atoms with Gasteiger partial charge >= 0.3 is 0 Å². The third-order valence-corrected chi connectivity index (χ3v) is 2.48. The Hall–Kier alpha value is -0.810. The average Bonchev–Trinajstić information content (AvgIpc) is 2.28. The van der Waals surface area contributed by atoms with Gasteiger partial charge in [-0.05, 0) is 23.7 Å². The summed E-state index contributed by atoms with van der Waals surface area (Å²) in [6.45, 7) is 0.960. The van der Waals surface area contributed by atoms with E-state index >= 15 is 0 Å². The van der Waals surface area contributed by atoms with Crippen molar-refractivity contribution in [3.63, 3.8) is 0 Å². The van der Waals surface area contributed by atoms with Crippen LogP contribution in [0.25, 0.3) is 0 Å². The van der Waals surface area contributed by atoms with Gasteiger partial charge < -0.3 is 14.6 Å². The summed E-state index contributed by atoms with van der Waals surface area (Å²) in [7, 11) is 1.56. The maximum atomic E-state index is 11.0. The molecule has 4 nitrogen and oxygen atoms in total. The van der Waals surface area contributed by atoms with Crippen LogP contribution in [0.4, 0.5) is 0 Å². The third-order valence-electron chi connectivity index (χ3n) is 2.05. The van der Waals surface area contributed by atoms with Crippen molar-refractivity contribution >= 4 is 28.4 Å². The molecule has 1 aromatic carbocycles. The summed E-state index contributed by atoms with van der Waals surface area (Å²) in [6, 6.07) is 2.83. The second-order valence-electron chi connectivity index (χ2n) is 3.28. The molecule has 0 saturated carbocycles. The number of halogens is 2. The molecule has 0 aliphatic heterocycles. The molecule has 0 spiro atoms. The molecule has 1 N–H and O–H groups in total. The molecule has 0 aliphatic carbocycles. The fourth-order valence-electron chi connectivity index (χ4n) is 1.24. The quantitative estimate of drug-likeness (QED) is 0.642. The lowest BCUT2D eigenvalue weighted by Crippen LogP contribution is -2.03. The average molecular weight is 279 g/mol. The van der Waals surface area contributed by atoms with Crippen LogP contribution in [0.1, 0.15) is 15.9 Å². The molecule has 0 aromatic heterocycles. The molecule has 0 radical (unpaired) electrons. The van der Waals surface area contributed by atoms with Crippen molar-refractivity contribution in [1.29, 1.82) is 0 Å². The predicted molar refractivity (Wildman–Crippen MR) is 64.8 cm³/mol. The number of phenols is 1. The number of carbonyl (C=O) groups excluding carboxylic acids is 1.